The Morgan fingerprint density at radius 2 is 1.35 bits per heavy atom. The Morgan fingerprint density at radius 1 is 0.800 bits per heavy atom. The summed E-state index contributed by atoms with van der Waals surface area (Å²) in [4.78, 5) is 0. The molecule has 0 fully saturated rings. The van der Waals surface area contributed by atoms with Gasteiger partial charge in [0.25, 0.3) is 0 Å². The number of hydrogen-bond acceptors (Lipinski definition) is 1. The van der Waals surface area contributed by atoms with Crippen LogP contribution in [0, 0.1) is 0 Å². The fourth-order valence-electron chi connectivity index (χ4n) is 2.73. The lowest BCUT2D eigenvalue weighted by Crippen LogP contribution is -2.19. The first-order chi connectivity index (χ1) is 9.63. The fourth-order valence-corrected chi connectivity index (χ4v) is 2.73. The van der Waals surface area contributed by atoms with E-state index >= 15 is 0 Å². The van der Waals surface area contributed by atoms with Crippen molar-refractivity contribution in [2.45, 2.75) is 45.1 Å². The molecule has 0 aliphatic carbocycles. The predicted octanol–water partition coefficient (Wildman–Crippen LogP) is 5.00. The first-order valence-electron chi connectivity index (χ1n) is 7.53. The molecule has 1 nitrogen and oxygen atoms in total. The van der Waals surface area contributed by atoms with Gasteiger partial charge in [-0.15, -0.1) is 0 Å². The second kappa shape index (κ2) is 6.71. The summed E-state index contributed by atoms with van der Waals surface area (Å²) in [6.45, 7) is 6.64. The summed E-state index contributed by atoms with van der Waals surface area (Å²) >= 11 is 0. The molecule has 20 heavy (non-hydrogen) atoms. The van der Waals surface area contributed by atoms with Crippen molar-refractivity contribution in [1.29, 1.82) is 0 Å². The van der Waals surface area contributed by atoms with Gasteiger partial charge in [-0.25, -0.2) is 0 Å². The molecule has 0 aliphatic rings. The van der Waals surface area contributed by atoms with E-state index in [9.17, 15) is 0 Å². The highest BCUT2D eigenvalue weighted by Crippen LogP contribution is 2.32. The van der Waals surface area contributed by atoms with Crippen LogP contribution in [0.5, 0.6) is 0 Å². The largest absolute Gasteiger partial charge is 0.323 e. The minimum atomic E-state index is 0.0589. The molecule has 0 spiro atoms. The van der Waals surface area contributed by atoms with Gasteiger partial charge < -0.3 is 5.73 Å². The van der Waals surface area contributed by atoms with Crippen LogP contribution in [0.15, 0.2) is 54.6 Å². The molecule has 0 aliphatic heterocycles. The lowest BCUT2D eigenvalue weighted by Gasteiger charge is -2.24. The zero-order valence-corrected chi connectivity index (χ0v) is 12.7. The van der Waals surface area contributed by atoms with Crippen LogP contribution < -0.4 is 5.73 Å². The van der Waals surface area contributed by atoms with Crippen molar-refractivity contribution >= 4 is 0 Å². The average molecular weight is 267 g/mol. The minimum Gasteiger partial charge on any atom is -0.323 e. The van der Waals surface area contributed by atoms with Gasteiger partial charge in [0, 0.05) is 12.0 Å². The lowest BCUT2D eigenvalue weighted by molar-refractivity contribution is 0.539. The van der Waals surface area contributed by atoms with Gasteiger partial charge in [-0.1, -0.05) is 75.4 Å². The molecule has 2 N–H and O–H groups in total. The SMILES string of the molecule is CCC(c1ccccc1)C(N)c1ccc(C(C)C)cc1. The Kier molecular flexibility index (Phi) is 4.97. The van der Waals surface area contributed by atoms with Crippen molar-refractivity contribution in [3.63, 3.8) is 0 Å². The van der Waals surface area contributed by atoms with Crippen molar-refractivity contribution in [3.8, 4) is 0 Å². The molecule has 2 rings (SSSR count). The highest BCUT2D eigenvalue weighted by molar-refractivity contribution is 5.30. The van der Waals surface area contributed by atoms with Gasteiger partial charge in [0.15, 0.2) is 0 Å². The second-order valence-corrected chi connectivity index (χ2v) is 5.77. The summed E-state index contributed by atoms with van der Waals surface area (Å²) in [5, 5.41) is 0. The third-order valence-corrected chi connectivity index (χ3v) is 4.09. The van der Waals surface area contributed by atoms with Crippen LogP contribution in [-0.2, 0) is 0 Å². The van der Waals surface area contributed by atoms with Crippen LogP contribution in [0.4, 0.5) is 0 Å². The molecule has 0 radical (unpaired) electrons. The summed E-state index contributed by atoms with van der Waals surface area (Å²) in [7, 11) is 0. The fraction of sp³-hybridized carbons (Fsp3) is 0.368. The Hall–Kier alpha value is -1.60. The second-order valence-electron chi connectivity index (χ2n) is 5.77. The van der Waals surface area contributed by atoms with Crippen LogP contribution in [0.3, 0.4) is 0 Å². The van der Waals surface area contributed by atoms with Gasteiger partial charge in [-0.2, -0.15) is 0 Å². The molecule has 2 aromatic rings. The highest BCUT2D eigenvalue weighted by Gasteiger charge is 2.19. The molecule has 0 bridgehead atoms. The standard InChI is InChI=1S/C19H25N/c1-4-18(16-8-6-5-7-9-16)19(20)17-12-10-15(11-13-17)14(2)3/h5-14,18-19H,4,20H2,1-3H3. The third-order valence-electron chi connectivity index (χ3n) is 4.09. The van der Waals surface area contributed by atoms with E-state index in [0.717, 1.165) is 6.42 Å². The maximum absolute atomic E-state index is 6.51. The van der Waals surface area contributed by atoms with Crippen LogP contribution >= 0.6 is 0 Å². The van der Waals surface area contributed by atoms with E-state index in [1.54, 1.807) is 0 Å². The van der Waals surface area contributed by atoms with E-state index in [1.807, 2.05) is 0 Å². The van der Waals surface area contributed by atoms with Crippen molar-refractivity contribution < 1.29 is 0 Å². The molecule has 0 saturated heterocycles. The number of hydrogen-bond donors (Lipinski definition) is 1. The van der Waals surface area contributed by atoms with Crippen molar-refractivity contribution in [1.82, 2.24) is 0 Å². The summed E-state index contributed by atoms with van der Waals surface area (Å²) in [5.41, 5.74) is 10.4. The van der Waals surface area contributed by atoms with Crippen molar-refractivity contribution in [3.05, 3.63) is 71.3 Å². The number of benzene rings is 2. The maximum atomic E-state index is 6.51. The van der Waals surface area contributed by atoms with Gasteiger partial charge in [0.05, 0.1) is 0 Å². The molecule has 2 unspecified atom stereocenters. The van der Waals surface area contributed by atoms with Crippen LogP contribution in [-0.4, -0.2) is 0 Å². The summed E-state index contributed by atoms with van der Waals surface area (Å²) < 4.78 is 0. The first kappa shape index (κ1) is 14.8. The Balaban J connectivity index is 2.22. The number of rotatable bonds is 5. The highest BCUT2D eigenvalue weighted by atomic mass is 14.7. The molecule has 0 amide bonds. The van der Waals surface area contributed by atoms with E-state index in [1.165, 1.54) is 16.7 Å². The average Bonchev–Trinajstić information content (AvgIpc) is 2.49. The number of nitrogens with two attached hydrogens (primary N) is 1. The van der Waals surface area contributed by atoms with Gasteiger partial charge in [0.2, 0.25) is 0 Å². The topological polar surface area (TPSA) is 26.0 Å². The van der Waals surface area contributed by atoms with Gasteiger partial charge >= 0.3 is 0 Å². The predicted molar refractivity (Wildman–Crippen MR) is 86.9 cm³/mol. The van der Waals surface area contributed by atoms with Crippen LogP contribution in [0.25, 0.3) is 0 Å². The van der Waals surface area contributed by atoms with E-state index in [4.69, 9.17) is 5.73 Å². The quantitative estimate of drug-likeness (QED) is 0.810. The van der Waals surface area contributed by atoms with E-state index in [2.05, 4.69) is 75.4 Å². The molecular formula is C19H25N. The van der Waals surface area contributed by atoms with E-state index < -0.39 is 0 Å². The molecule has 106 valence electrons. The third kappa shape index (κ3) is 3.29. The van der Waals surface area contributed by atoms with Crippen molar-refractivity contribution in [2.75, 3.05) is 0 Å². The zero-order chi connectivity index (χ0) is 14.5. The van der Waals surface area contributed by atoms with E-state index in [0.29, 0.717) is 11.8 Å². The smallest absolute Gasteiger partial charge is 0.0364 e. The van der Waals surface area contributed by atoms with Gasteiger partial charge in [-0.3, -0.25) is 0 Å². The molecular weight excluding hydrogens is 242 g/mol. The minimum absolute atomic E-state index is 0.0589. The van der Waals surface area contributed by atoms with Crippen LogP contribution in [0.2, 0.25) is 0 Å². The first-order valence-corrected chi connectivity index (χ1v) is 7.53. The normalized spacial score (nSPS) is 14.2. The summed E-state index contributed by atoms with van der Waals surface area (Å²) in [6, 6.07) is 19.4. The Bertz CT molecular complexity index is 513. The molecule has 2 atom stereocenters. The molecule has 2 aromatic carbocycles. The zero-order valence-electron chi connectivity index (χ0n) is 12.7. The summed E-state index contributed by atoms with van der Waals surface area (Å²) in [5.74, 6) is 0.942. The lowest BCUT2D eigenvalue weighted by atomic mass is 9.85. The molecule has 0 saturated carbocycles. The van der Waals surface area contributed by atoms with Gasteiger partial charge in [0.1, 0.15) is 0 Å². The molecule has 1 heteroatoms. The Labute approximate surface area is 122 Å². The monoisotopic (exact) mass is 267 g/mol. The van der Waals surface area contributed by atoms with Gasteiger partial charge in [-0.05, 0) is 29.0 Å². The Morgan fingerprint density at radius 3 is 1.85 bits per heavy atom. The van der Waals surface area contributed by atoms with Crippen LogP contribution in [0.1, 0.15) is 61.8 Å². The molecule has 0 heterocycles. The summed E-state index contributed by atoms with van der Waals surface area (Å²) in [6.07, 6.45) is 1.05. The molecule has 0 aromatic heterocycles. The maximum Gasteiger partial charge on any atom is 0.0364 e. The van der Waals surface area contributed by atoms with E-state index in [-0.39, 0.29) is 6.04 Å². The van der Waals surface area contributed by atoms with Crippen molar-refractivity contribution in [2.24, 2.45) is 5.73 Å².